The van der Waals surface area contributed by atoms with Crippen LogP contribution >= 0.6 is 0 Å². The van der Waals surface area contributed by atoms with E-state index >= 15 is 0 Å². The number of carbonyl (C=O) groups is 1. The summed E-state index contributed by atoms with van der Waals surface area (Å²) in [6, 6.07) is 1.48. The van der Waals surface area contributed by atoms with Crippen LogP contribution in [0.15, 0.2) is 21.4 Å². The summed E-state index contributed by atoms with van der Waals surface area (Å²) >= 11 is 0. The Morgan fingerprint density at radius 1 is 1.32 bits per heavy atom. The van der Waals surface area contributed by atoms with Crippen molar-refractivity contribution in [3.63, 3.8) is 0 Å². The van der Waals surface area contributed by atoms with Crippen molar-refractivity contribution in [2.24, 2.45) is 0 Å². The van der Waals surface area contributed by atoms with Gasteiger partial charge in [0.2, 0.25) is 0 Å². The molecule has 0 atom stereocenters. The molecule has 28 heavy (non-hydrogen) atoms. The molecule has 0 unspecified atom stereocenters. The molecular formula is C23H24O5. The van der Waals surface area contributed by atoms with Gasteiger partial charge in [-0.15, -0.1) is 6.42 Å². The first kappa shape index (κ1) is 19.8. The zero-order valence-corrected chi connectivity index (χ0v) is 16.7. The minimum Gasteiger partial charge on any atom is -0.482 e. The fourth-order valence-corrected chi connectivity index (χ4v) is 3.44. The zero-order valence-electron chi connectivity index (χ0n) is 16.7. The van der Waals surface area contributed by atoms with Crippen molar-refractivity contribution in [3.05, 3.63) is 39.3 Å². The Morgan fingerprint density at radius 3 is 2.71 bits per heavy atom. The summed E-state index contributed by atoms with van der Waals surface area (Å²) in [6.45, 7) is 7.63. The summed E-state index contributed by atoms with van der Waals surface area (Å²) in [5.74, 6) is 3.09. The van der Waals surface area contributed by atoms with Crippen LogP contribution in [0.25, 0.3) is 17.0 Å². The average Bonchev–Trinajstić information content (AvgIpc) is 2.64. The number of rotatable bonds is 6. The molecule has 1 aliphatic rings. The quantitative estimate of drug-likeness (QED) is 0.418. The first-order valence-corrected chi connectivity index (χ1v) is 9.47. The van der Waals surface area contributed by atoms with E-state index in [4.69, 9.17) is 20.3 Å². The Bertz CT molecular complexity index is 1060. The van der Waals surface area contributed by atoms with Crippen molar-refractivity contribution in [1.82, 2.24) is 0 Å². The van der Waals surface area contributed by atoms with Crippen LogP contribution in [-0.4, -0.2) is 18.0 Å². The number of Topliss-reactive ketones (excluding diaryl/α,β-unsaturated/α-hetero) is 1. The number of carbonyl (C=O) groups excluding carboxylic acids is 1. The van der Waals surface area contributed by atoms with Crippen LogP contribution in [0.2, 0.25) is 0 Å². The molecule has 0 saturated carbocycles. The molecule has 0 N–H and O–H groups in total. The van der Waals surface area contributed by atoms with E-state index in [9.17, 15) is 9.59 Å². The van der Waals surface area contributed by atoms with Gasteiger partial charge in [-0.1, -0.05) is 26.2 Å². The van der Waals surface area contributed by atoms with Gasteiger partial charge in [0.05, 0.1) is 10.9 Å². The SMILES string of the molecule is C#CCOc1c2c(c3c(CCC)cc(=O)oc3c1C(=O)CC)OC(C)(C)C=C2. The maximum absolute atomic E-state index is 12.8. The highest BCUT2D eigenvalue weighted by Crippen LogP contribution is 2.47. The van der Waals surface area contributed by atoms with Crippen LogP contribution in [0.1, 0.15) is 62.0 Å². The highest BCUT2D eigenvalue weighted by Gasteiger charge is 2.32. The van der Waals surface area contributed by atoms with E-state index in [0.29, 0.717) is 28.9 Å². The third kappa shape index (κ3) is 3.43. The lowest BCUT2D eigenvalue weighted by molar-refractivity contribution is 0.0985. The predicted molar refractivity (Wildman–Crippen MR) is 109 cm³/mol. The molecule has 3 rings (SSSR count). The van der Waals surface area contributed by atoms with Gasteiger partial charge in [-0.05, 0) is 38.0 Å². The Morgan fingerprint density at radius 2 is 2.07 bits per heavy atom. The average molecular weight is 380 g/mol. The molecule has 0 bridgehead atoms. The van der Waals surface area contributed by atoms with E-state index in [1.165, 1.54) is 6.07 Å². The zero-order chi connectivity index (χ0) is 20.5. The molecule has 0 radical (unpaired) electrons. The van der Waals surface area contributed by atoms with Gasteiger partial charge in [-0.2, -0.15) is 0 Å². The number of ketones is 1. The Balaban J connectivity index is 2.52. The number of terminal acetylenes is 1. The van der Waals surface area contributed by atoms with E-state index in [1.807, 2.05) is 32.9 Å². The lowest BCUT2D eigenvalue weighted by atomic mass is 9.92. The van der Waals surface area contributed by atoms with Crippen LogP contribution < -0.4 is 15.1 Å². The fourth-order valence-electron chi connectivity index (χ4n) is 3.44. The third-order valence-electron chi connectivity index (χ3n) is 4.65. The molecule has 1 aliphatic heterocycles. The van der Waals surface area contributed by atoms with Gasteiger partial charge in [0.1, 0.15) is 29.3 Å². The molecule has 0 fully saturated rings. The highest BCUT2D eigenvalue weighted by atomic mass is 16.5. The summed E-state index contributed by atoms with van der Waals surface area (Å²) in [5.41, 5.74) is 0.831. The molecule has 0 saturated heterocycles. The van der Waals surface area contributed by atoms with Crippen LogP contribution in [0, 0.1) is 12.3 Å². The topological polar surface area (TPSA) is 65.7 Å². The highest BCUT2D eigenvalue weighted by molar-refractivity contribution is 6.12. The van der Waals surface area contributed by atoms with Crippen molar-refractivity contribution < 1.29 is 18.7 Å². The molecule has 146 valence electrons. The third-order valence-corrected chi connectivity index (χ3v) is 4.65. The lowest BCUT2D eigenvalue weighted by Crippen LogP contribution is -2.28. The second-order valence-electron chi connectivity index (χ2n) is 7.30. The van der Waals surface area contributed by atoms with Crippen LogP contribution in [-0.2, 0) is 6.42 Å². The fraction of sp³-hybridized carbons (Fsp3) is 0.391. The second kappa shape index (κ2) is 7.55. The molecule has 5 nitrogen and oxygen atoms in total. The van der Waals surface area contributed by atoms with E-state index in [1.54, 1.807) is 6.92 Å². The summed E-state index contributed by atoms with van der Waals surface area (Å²) in [6.07, 6.45) is 10.9. The Kier molecular flexibility index (Phi) is 5.33. The normalized spacial score (nSPS) is 14.2. The lowest BCUT2D eigenvalue weighted by Gasteiger charge is -2.31. The molecule has 5 heteroatoms. The van der Waals surface area contributed by atoms with Crippen molar-refractivity contribution in [1.29, 1.82) is 0 Å². The monoisotopic (exact) mass is 380 g/mol. The van der Waals surface area contributed by atoms with Gasteiger partial charge in [0.25, 0.3) is 0 Å². The van der Waals surface area contributed by atoms with Crippen molar-refractivity contribution >= 4 is 22.8 Å². The molecule has 0 aliphatic carbocycles. The van der Waals surface area contributed by atoms with E-state index < -0.39 is 11.2 Å². The second-order valence-corrected chi connectivity index (χ2v) is 7.30. The minimum absolute atomic E-state index is 0.0158. The first-order chi connectivity index (χ1) is 13.3. The molecule has 1 aromatic heterocycles. The molecule has 1 aromatic carbocycles. The minimum atomic E-state index is -0.556. The number of fused-ring (bicyclic) bond motifs is 3. The summed E-state index contributed by atoms with van der Waals surface area (Å²) in [4.78, 5) is 25.1. The van der Waals surface area contributed by atoms with Gasteiger partial charge in [0.15, 0.2) is 11.4 Å². The smallest absolute Gasteiger partial charge is 0.336 e. The van der Waals surface area contributed by atoms with Gasteiger partial charge >= 0.3 is 5.63 Å². The van der Waals surface area contributed by atoms with Crippen LogP contribution in [0.5, 0.6) is 11.5 Å². The van der Waals surface area contributed by atoms with Gasteiger partial charge < -0.3 is 13.9 Å². The largest absolute Gasteiger partial charge is 0.482 e. The first-order valence-electron chi connectivity index (χ1n) is 9.47. The maximum Gasteiger partial charge on any atom is 0.336 e. The standard InChI is InChI=1S/C23H24O5/c1-6-9-14-13-17(25)27-22-18(14)21-15(10-11-23(4,5)28-21)20(26-12-7-2)19(22)16(24)8-3/h2,10-11,13H,6,8-9,12H2,1,3-5H3. The van der Waals surface area contributed by atoms with Crippen molar-refractivity contribution in [2.45, 2.75) is 52.6 Å². The molecule has 0 spiro atoms. The summed E-state index contributed by atoms with van der Waals surface area (Å²) in [7, 11) is 0. The van der Waals surface area contributed by atoms with Crippen LogP contribution in [0.4, 0.5) is 0 Å². The summed E-state index contributed by atoms with van der Waals surface area (Å²) < 4.78 is 17.6. The molecule has 0 amide bonds. The Labute approximate surface area is 164 Å². The molecule has 2 aromatic rings. The number of hydrogen-bond donors (Lipinski definition) is 0. The number of benzene rings is 1. The number of ether oxygens (including phenoxy) is 2. The van der Waals surface area contributed by atoms with E-state index in [-0.39, 0.29) is 30.0 Å². The maximum atomic E-state index is 12.8. The van der Waals surface area contributed by atoms with E-state index in [2.05, 4.69) is 5.92 Å². The predicted octanol–water partition coefficient (Wildman–Crippen LogP) is 4.53. The number of hydrogen-bond acceptors (Lipinski definition) is 5. The molecule has 2 heterocycles. The summed E-state index contributed by atoms with van der Waals surface area (Å²) in [5, 5.41) is 0.652. The molecular weight excluding hydrogens is 356 g/mol. The van der Waals surface area contributed by atoms with Crippen molar-refractivity contribution in [3.8, 4) is 23.8 Å². The van der Waals surface area contributed by atoms with Gasteiger partial charge in [-0.25, -0.2) is 4.79 Å². The van der Waals surface area contributed by atoms with E-state index in [0.717, 1.165) is 12.0 Å². The van der Waals surface area contributed by atoms with Gasteiger partial charge in [-0.3, -0.25) is 4.79 Å². The van der Waals surface area contributed by atoms with Gasteiger partial charge in [0, 0.05) is 12.5 Å². The Hall–Kier alpha value is -3.00. The van der Waals surface area contributed by atoms with Crippen molar-refractivity contribution in [2.75, 3.05) is 6.61 Å². The number of aryl methyl sites for hydroxylation is 1. The van der Waals surface area contributed by atoms with Crippen LogP contribution in [0.3, 0.4) is 0 Å².